The third-order valence-electron chi connectivity index (χ3n) is 2.12. The van der Waals surface area contributed by atoms with Crippen molar-refractivity contribution in [2.75, 3.05) is 0 Å². The Morgan fingerprint density at radius 2 is 2.00 bits per heavy atom. The summed E-state index contributed by atoms with van der Waals surface area (Å²) >= 11 is 11.6. The minimum absolute atomic E-state index is 0.0624. The van der Waals surface area contributed by atoms with Gasteiger partial charge in [0.15, 0.2) is 17.3 Å². The van der Waals surface area contributed by atoms with Crippen LogP contribution in [0.2, 0.25) is 10.0 Å². The molecule has 0 saturated heterocycles. The monoisotopic (exact) mass is 286 g/mol. The Balaban J connectivity index is 2.54. The Labute approximate surface area is 111 Å². The van der Waals surface area contributed by atoms with Crippen LogP contribution in [0.3, 0.4) is 0 Å². The quantitative estimate of drug-likeness (QED) is 0.920. The topological polar surface area (TPSA) is 63.1 Å². The van der Waals surface area contributed by atoms with Crippen LogP contribution in [-0.4, -0.2) is 21.0 Å². The van der Waals surface area contributed by atoms with Crippen molar-refractivity contribution < 1.29 is 14.3 Å². The van der Waals surface area contributed by atoms with Crippen LogP contribution >= 0.6 is 23.2 Å². The van der Waals surface area contributed by atoms with E-state index in [4.69, 9.17) is 28.3 Å². The predicted octanol–water partition coefficient (Wildman–Crippen LogP) is 3.29. The SMILES string of the molecule is O=C(O)c1nc(-c2ccc(Cl)c(Cl)c2)ncc1F. The molecular weight excluding hydrogens is 282 g/mol. The molecule has 92 valence electrons. The zero-order chi connectivity index (χ0) is 13.3. The zero-order valence-electron chi connectivity index (χ0n) is 8.69. The number of aromatic carboxylic acids is 1. The molecule has 0 aliphatic heterocycles. The zero-order valence-corrected chi connectivity index (χ0v) is 10.2. The van der Waals surface area contributed by atoms with E-state index in [-0.39, 0.29) is 10.8 Å². The lowest BCUT2D eigenvalue weighted by Crippen LogP contribution is -2.06. The molecule has 1 N–H and O–H groups in total. The van der Waals surface area contributed by atoms with Crippen molar-refractivity contribution in [2.24, 2.45) is 0 Å². The summed E-state index contributed by atoms with van der Waals surface area (Å²) in [6, 6.07) is 4.56. The minimum atomic E-state index is -1.46. The lowest BCUT2D eigenvalue weighted by molar-refractivity contribution is 0.0684. The molecule has 0 radical (unpaired) electrons. The highest BCUT2D eigenvalue weighted by Crippen LogP contribution is 2.26. The van der Waals surface area contributed by atoms with Gasteiger partial charge in [-0.25, -0.2) is 19.2 Å². The van der Waals surface area contributed by atoms with E-state index in [0.717, 1.165) is 6.20 Å². The number of halogens is 3. The van der Waals surface area contributed by atoms with Crippen molar-refractivity contribution in [1.82, 2.24) is 9.97 Å². The third-order valence-corrected chi connectivity index (χ3v) is 2.86. The number of rotatable bonds is 2. The molecule has 0 saturated carbocycles. The van der Waals surface area contributed by atoms with Crippen LogP contribution in [-0.2, 0) is 0 Å². The molecular formula is C11H5Cl2FN2O2. The molecule has 0 spiro atoms. The van der Waals surface area contributed by atoms with Gasteiger partial charge >= 0.3 is 5.97 Å². The number of carboxylic acid groups (broad SMARTS) is 1. The first kappa shape index (κ1) is 12.7. The highest BCUT2D eigenvalue weighted by Gasteiger charge is 2.15. The number of carbonyl (C=O) groups is 1. The number of hydrogen-bond donors (Lipinski definition) is 1. The van der Waals surface area contributed by atoms with Crippen molar-refractivity contribution in [3.8, 4) is 11.4 Å². The van der Waals surface area contributed by atoms with Crippen molar-refractivity contribution in [3.63, 3.8) is 0 Å². The summed E-state index contributed by atoms with van der Waals surface area (Å²) in [6.45, 7) is 0. The van der Waals surface area contributed by atoms with Crippen molar-refractivity contribution in [2.45, 2.75) is 0 Å². The van der Waals surface area contributed by atoms with E-state index in [1.807, 2.05) is 0 Å². The predicted molar refractivity (Wildman–Crippen MR) is 64.4 cm³/mol. The lowest BCUT2D eigenvalue weighted by Gasteiger charge is -2.03. The maximum Gasteiger partial charge on any atom is 0.357 e. The number of aromatic nitrogens is 2. The number of nitrogens with zero attached hydrogens (tertiary/aromatic N) is 2. The maximum absolute atomic E-state index is 13.1. The minimum Gasteiger partial charge on any atom is -0.476 e. The van der Waals surface area contributed by atoms with Gasteiger partial charge in [0.2, 0.25) is 0 Å². The molecule has 2 rings (SSSR count). The second-order valence-electron chi connectivity index (χ2n) is 3.32. The van der Waals surface area contributed by atoms with Gasteiger partial charge in [-0.1, -0.05) is 23.2 Å². The molecule has 0 aliphatic rings. The van der Waals surface area contributed by atoms with E-state index in [0.29, 0.717) is 10.6 Å². The fourth-order valence-corrected chi connectivity index (χ4v) is 1.59. The highest BCUT2D eigenvalue weighted by molar-refractivity contribution is 6.42. The van der Waals surface area contributed by atoms with Crippen LogP contribution in [0.25, 0.3) is 11.4 Å². The van der Waals surface area contributed by atoms with E-state index >= 15 is 0 Å². The molecule has 1 heterocycles. The second-order valence-corrected chi connectivity index (χ2v) is 4.14. The fraction of sp³-hybridized carbons (Fsp3) is 0. The van der Waals surface area contributed by atoms with Gasteiger partial charge in [0.25, 0.3) is 0 Å². The Kier molecular flexibility index (Phi) is 3.45. The van der Waals surface area contributed by atoms with Gasteiger partial charge in [-0.2, -0.15) is 0 Å². The first-order chi connectivity index (χ1) is 8.49. The molecule has 0 unspecified atom stereocenters. The van der Waals surface area contributed by atoms with Crippen LogP contribution in [0.5, 0.6) is 0 Å². The Morgan fingerprint density at radius 1 is 1.28 bits per heavy atom. The third kappa shape index (κ3) is 2.42. The Hall–Kier alpha value is -1.72. The lowest BCUT2D eigenvalue weighted by atomic mass is 10.2. The summed E-state index contributed by atoms with van der Waals surface area (Å²) in [4.78, 5) is 18.1. The van der Waals surface area contributed by atoms with Gasteiger partial charge in [-0.05, 0) is 18.2 Å². The molecule has 1 aromatic heterocycles. The molecule has 18 heavy (non-hydrogen) atoms. The van der Waals surface area contributed by atoms with E-state index in [1.165, 1.54) is 12.1 Å². The molecule has 7 heteroatoms. The van der Waals surface area contributed by atoms with Gasteiger partial charge in [0, 0.05) is 5.56 Å². The summed E-state index contributed by atoms with van der Waals surface area (Å²) in [5.41, 5.74) is -0.238. The summed E-state index contributed by atoms with van der Waals surface area (Å²) < 4.78 is 13.1. The van der Waals surface area contributed by atoms with Crippen molar-refractivity contribution >= 4 is 29.2 Å². The van der Waals surface area contributed by atoms with Crippen LogP contribution in [0.1, 0.15) is 10.5 Å². The first-order valence-corrected chi connectivity index (χ1v) is 5.46. The first-order valence-electron chi connectivity index (χ1n) is 4.70. The average molecular weight is 287 g/mol. The molecule has 2 aromatic rings. The fourth-order valence-electron chi connectivity index (χ4n) is 1.29. The second kappa shape index (κ2) is 4.88. The molecule has 1 aromatic carbocycles. The van der Waals surface area contributed by atoms with E-state index in [1.54, 1.807) is 6.07 Å². The Morgan fingerprint density at radius 3 is 2.61 bits per heavy atom. The molecule has 0 fully saturated rings. The molecule has 0 atom stereocenters. The van der Waals surface area contributed by atoms with Crippen molar-refractivity contribution in [3.05, 3.63) is 46.0 Å². The van der Waals surface area contributed by atoms with Crippen LogP contribution in [0, 0.1) is 5.82 Å². The van der Waals surface area contributed by atoms with Gasteiger partial charge in [0.1, 0.15) is 0 Å². The number of benzene rings is 1. The standard InChI is InChI=1S/C11H5Cl2FN2O2/c12-6-2-1-5(3-7(6)13)10-15-4-8(14)9(16-10)11(17)18/h1-4H,(H,17,18). The molecule has 0 aliphatic carbocycles. The summed E-state index contributed by atoms with van der Waals surface area (Å²) in [7, 11) is 0. The summed E-state index contributed by atoms with van der Waals surface area (Å²) in [5, 5.41) is 9.38. The van der Waals surface area contributed by atoms with E-state index in [9.17, 15) is 9.18 Å². The Bertz CT molecular complexity index is 634. The van der Waals surface area contributed by atoms with E-state index in [2.05, 4.69) is 9.97 Å². The van der Waals surface area contributed by atoms with Crippen molar-refractivity contribution in [1.29, 1.82) is 0 Å². The normalized spacial score (nSPS) is 10.4. The molecule has 0 amide bonds. The number of hydrogen-bond acceptors (Lipinski definition) is 3. The van der Waals surface area contributed by atoms with Gasteiger partial charge in [-0.15, -0.1) is 0 Å². The van der Waals surface area contributed by atoms with Crippen LogP contribution in [0.15, 0.2) is 24.4 Å². The van der Waals surface area contributed by atoms with Crippen LogP contribution in [0.4, 0.5) is 4.39 Å². The van der Waals surface area contributed by atoms with Gasteiger partial charge in [-0.3, -0.25) is 0 Å². The summed E-state index contributed by atoms with van der Waals surface area (Å²) in [5.74, 6) is -2.39. The van der Waals surface area contributed by atoms with Crippen LogP contribution < -0.4 is 0 Å². The smallest absolute Gasteiger partial charge is 0.357 e. The van der Waals surface area contributed by atoms with Gasteiger partial charge in [0.05, 0.1) is 16.2 Å². The highest BCUT2D eigenvalue weighted by atomic mass is 35.5. The number of carboxylic acids is 1. The van der Waals surface area contributed by atoms with E-state index < -0.39 is 17.5 Å². The van der Waals surface area contributed by atoms with Gasteiger partial charge < -0.3 is 5.11 Å². The average Bonchev–Trinajstić information content (AvgIpc) is 2.33. The maximum atomic E-state index is 13.1. The summed E-state index contributed by atoms with van der Waals surface area (Å²) in [6.07, 6.45) is 0.800. The molecule has 0 bridgehead atoms. The molecule has 4 nitrogen and oxygen atoms in total. The largest absolute Gasteiger partial charge is 0.476 e.